The fraction of sp³-hybridized carbons (Fsp3) is 0. The van der Waals surface area contributed by atoms with Crippen LogP contribution in [-0.4, -0.2) is 16.3 Å². The minimum atomic E-state index is -0.587. The molecule has 1 aromatic heterocycles. The van der Waals surface area contributed by atoms with E-state index in [1.807, 2.05) is 6.07 Å². The summed E-state index contributed by atoms with van der Waals surface area (Å²) in [7, 11) is 0. The van der Waals surface area contributed by atoms with Crippen LogP contribution in [0.5, 0.6) is 0 Å². The van der Waals surface area contributed by atoms with Gasteiger partial charge in [-0.3, -0.25) is 4.79 Å². The van der Waals surface area contributed by atoms with Crippen molar-refractivity contribution in [2.75, 3.05) is 0 Å². The van der Waals surface area contributed by atoms with Crippen LogP contribution in [0.1, 0.15) is 15.9 Å². The molecule has 2 aromatic rings. The first kappa shape index (κ1) is 12.1. The number of carbonyl (C=O) groups excluding carboxylic acids is 1. The van der Waals surface area contributed by atoms with Crippen molar-refractivity contribution in [3.05, 3.63) is 46.6 Å². The van der Waals surface area contributed by atoms with Crippen LogP contribution in [0.4, 0.5) is 4.39 Å². The van der Waals surface area contributed by atoms with Crippen LogP contribution in [0.15, 0.2) is 24.5 Å². The Hall–Kier alpha value is -2.32. The average molecular weight is 262 g/mol. The van der Waals surface area contributed by atoms with E-state index in [4.69, 9.17) is 16.9 Å². The molecule has 0 aliphatic heterocycles. The topological polar surface area (TPSA) is 66.6 Å². The average Bonchev–Trinajstić information content (AvgIpc) is 2.37. The van der Waals surface area contributed by atoms with Gasteiger partial charge >= 0.3 is 0 Å². The van der Waals surface area contributed by atoms with Gasteiger partial charge in [-0.25, -0.2) is 14.4 Å². The van der Waals surface area contributed by atoms with Gasteiger partial charge in [-0.15, -0.1) is 0 Å². The van der Waals surface area contributed by atoms with Crippen LogP contribution >= 0.6 is 11.6 Å². The van der Waals surface area contributed by atoms with Crippen LogP contribution in [0.2, 0.25) is 5.15 Å². The highest BCUT2D eigenvalue weighted by molar-refractivity contribution is 6.32. The molecule has 1 aromatic carbocycles. The summed E-state index contributed by atoms with van der Waals surface area (Å²) in [4.78, 5) is 18.5. The van der Waals surface area contributed by atoms with Crippen LogP contribution in [-0.2, 0) is 0 Å². The summed E-state index contributed by atoms with van der Waals surface area (Å²) < 4.78 is 13.3. The van der Waals surface area contributed by atoms with E-state index in [-0.39, 0.29) is 22.0 Å². The second-order valence-electron chi connectivity index (χ2n) is 3.38. The summed E-state index contributed by atoms with van der Waals surface area (Å²) >= 11 is 5.75. The number of hydrogen-bond acceptors (Lipinski definition) is 4. The lowest BCUT2D eigenvalue weighted by molar-refractivity contribution is 0.112. The fourth-order valence-electron chi connectivity index (χ4n) is 1.50. The minimum Gasteiger partial charge on any atom is -0.298 e. The van der Waals surface area contributed by atoms with E-state index in [0.29, 0.717) is 11.8 Å². The summed E-state index contributed by atoms with van der Waals surface area (Å²) in [6.45, 7) is 0. The number of hydrogen-bond donors (Lipinski definition) is 0. The maximum atomic E-state index is 13.3. The van der Waals surface area contributed by atoms with Crippen LogP contribution in [0.3, 0.4) is 0 Å². The second kappa shape index (κ2) is 4.90. The standard InChI is InChI=1S/C12H5ClFN3O/c13-12-10(5-18)11(16-6-17-12)8-1-7(4-15)2-9(14)3-8/h1-3,5-6H. The van der Waals surface area contributed by atoms with Crippen molar-refractivity contribution in [3.63, 3.8) is 0 Å². The van der Waals surface area contributed by atoms with Gasteiger partial charge in [0, 0.05) is 5.56 Å². The smallest absolute Gasteiger partial charge is 0.155 e. The van der Waals surface area contributed by atoms with Crippen LogP contribution in [0.25, 0.3) is 11.3 Å². The molecule has 88 valence electrons. The molecule has 0 aliphatic carbocycles. The van der Waals surface area contributed by atoms with E-state index in [2.05, 4.69) is 9.97 Å². The number of aldehydes is 1. The molecule has 0 unspecified atom stereocenters. The molecule has 4 nitrogen and oxygen atoms in total. The zero-order chi connectivity index (χ0) is 13.1. The van der Waals surface area contributed by atoms with E-state index in [1.54, 1.807) is 0 Å². The second-order valence-corrected chi connectivity index (χ2v) is 3.74. The Bertz CT molecular complexity index is 667. The SMILES string of the molecule is N#Cc1cc(F)cc(-c2ncnc(Cl)c2C=O)c1. The van der Waals surface area contributed by atoms with Gasteiger partial charge in [0.2, 0.25) is 0 Å². The predicted octanol–water partition coefficient (Wildman–Crippen LogP) is 2.62. The lowest BCUT2D eigenvalue weighted by Crippen LogP contribution is -1.96. The normalized spacial score (nSPS) is 9.83. The molecule has 0 radical (unpaired) electrons. The van der Waals surface area contributed by atoms with Gasteiger partial charge in [-0.2, -0.15) is 5.26 Å². The molecule has 0 atom stereocenters. The van der Waals surface area contributed by atoms with E-state index >= 15 is 0 Å². The van der Waals surface area contributed by atoms with Gasteiger partial charge in [-0.05, 0) is 18.2 Å². The van der Waals surface area contributed by atoms with Crippen molar-refractivity contribution in [1.29, 1.82) is 5.26 Å². The number of benzene rings is 1. The van der Waals surface area contributed by atoms with Crippen molar-refractivity contribution >= 4 is 17.9 Å². The zero-order valence-corrected chi connectivity index (χ0v) is 9.65. The first-order valence-corrected chi connectivity index (χ1v) is 5.20. The summed E-state index contributed by atoms with van der Waals surface area (Å²) in [5.74, 6) is -0.587. The van der Waals surface area contributed by atoms with Crippen molar-refractivity contribution in [2.24, 2.45) is 0 Å². The van der Waals surface area contributed by atoms with Gasteiger partial charge < -0.3 is 0 Å². The Balaban J connectivity index is 2.70. The third-order valence-corrected chi connectivity index (χ3v) is 2.55. The number of halogens is 2. The monoisotopic (exact) mass is 261 g/mol. The number of nitrogens with zero attached hydrogens (tertiary/aromatic N) is 3. The Kier molecular flexibility index (Phi) is 3.31. The lowest BCUT2D eigenvalue weighted by atomic mass is 10.1. The summed E-state index contributed by atoms with van der Waals surface area (Å²) in [5, 5.41) is 8.75. The summed E-state index contributed by atoms with van der Waals surface area (Å²) in [6.07, 6.45) is 1.66. The van der Waals surface area contributed by atoms with Crippen molar-refractivity contribution < 1.29 is 9.18 Å². The molecular formula is C12H5ClFN3O. The third-order valence-electron chi connectivity index (χ3n) is 2.25. The van der Waals surface area contributed by atoms with Crippen LogP contribution < -0.4 is 0 Å². The first-order valence-electron chi connectivity index (χ1n) is 4.82. The van der Waals surface area contributed by atoms with Crippen LogP contribution in [0, 0.1) is 17.1 Å². The Morgan fingerprint density at radius 3 is 2.78 bits per heavy atom. The van der Waals surface area contributed by atoms with Gasteiger partial charge in [-0.1, -0.05) is 11.6 Å². The minimum absolute atomic E-state index is 0.0160. The highest BCUT2D eigenvalue weighted by atomic mass is 35.5. The molecule has 0 saturated carbocycles. The largest absolute Gasteiger partial charge is 0.298 e. The molecule has 1 heterocycles. The van der Waals surface area contributed by atoms with E-state index in [1.165, 1.54) is 18.5 Å². The number of rotatable bonds is 2. The fourth-order valence-corrected chi connectivity index (χ4v) is 1.68. The maximum Gasteiger partial charge on any atom is 0.155 e. The van der Waals surface area contributed by atoms with Gasteiger partial charge in [0.05, 0.1) is 22.9 Å². The van der Waals surface area contributed by atoms with E-state index in [0.717, 1.165) is 6.07 Å². The Morgan fingerprint density at radius 1 is 1.33 bits per heavy atom. The molecule has 0 N–H and O–H groups in total. The highest BCUT2D eigenvalue weighted by Gasteiger charge is 2.12. The van der Waals surface area contributed by atoms with Gasteiger partial charge in [0.1, 0.15) is 17.3 Å². The van der Waals surface area contributed by atoms with Crippen molar-refractivity contribution in [1.82, 2.24) is 9.97 Å². The molecule has 0 aliphatic rings. The zero-order valence-electron chi connectivity index (χ0n) is 8.89. The first-order chi connectivity index (χ1) is 8.65. The molecule has 18 heavy (non-hydrogen) atoms. The molecule has 0 fully saturated rings. The quantitative estimate of drug-likeness (QED) is 0.616. The molecule has 0 bridgehead atoms. The van der Waals surface area contributed by atoms with E-state index < -0.39 is 5.82 Å². The number of nitriles is 1. The summed E-state index contributed by atoms with van der Waals surface area (Å²) in [5.41, 5.74) is 0.698. The molecule has 6 heteroatoms. The van der Waals surface area contributed by atoms with Gasteiger partial charge in [0.25, 0.3) is 0 Å². The molecule has 0 amide bonds. The molecule has 0 saturated heterocycles. The third kappa shape index (κ3) is 2.19. The number of aromatic nitrogens is 2. The van der Waals surface area contributed by atoms with E-state index in [9.17, 15) is 9.18 Å². The molecular weight excluding hydrogens is 257 g/mol. The van der Waals surface area contributed by atoms with Gasteiger partial charge in [0.15, 0.2) is 6.29 Å². The highest BCUT2D eigenvalue weighted by Crippen LogP contribution is 2.25. The maximum absolute atomic E-state index is 13.3. The van der Waals surface area contributed by atoms with Crippen molar-refractivity contribution in [3.8, 4) is 17.3 Å². The lowest BCUT2D eigenvalue weighted by Gasteiger charge is -2.05. The Labute approximate surface area is 107 Å². The Morgan fingerprint density at radius 2 is 2.11 bits per heavy atom. The molecule has 0 spiro atoms. The predicted molar refractivity (Wildman–Crippen MR) is 62.5 cm³/mol. The number of carbonyl (C=O) groups is 1. The molecule has 2 rings (SSSR count). The summed E-state index contributed by atoms with van der Waals surface area (Å²) in [6, 6.07) is 5.51. The van der Waals surface area contributed by atoms with Crippen molar-refractivity contribution in [2.45, 2.75) is 0 Å².